The molecule has 0 spiro atoms. The molecule has 0 saturated carbocycles. The second-order valence-electron chi connectivity index (χ2n) is 5.19. The summed E-state index contributed by atoms with van der Waals surface area (Å²) in [6.07, 6.45) is 1.97. The van der Waals surface area contributed by atoms with E-state index in [9.17, 15) is 9.50 Å². The Labute approximate surface area is 118 Å². The van der Waals surface area contributed by atoms with Crippen molar-refractivity contribution in [2.45, 2.75) is 19.4 Å². The predicted octanol–water partition coefficient (Wildman–Crippen LogP) is 2.92. The molecule has 0 atom stereocenters. The Kier molecular flexibility index (Phi) is 3.70. The topological polar surface area (TPSA) is 23.5 Å². The Bertz CT molecular complexity index is 585. The van der Waals surface area contributed by atoms with Gasteiger partial charge in [-0.15, -0.1) is 0 Å². The third-order valence-corrected chi connectivity index (χ3v) is 3.97. The van der Waals surface area contributed by atoms with E-state index in [2.05, 4.69) is 29.2 Å². The highest BCUT2D eigenvalue weighted by atomic mass is 19.1. The molecule has 1 aliphatic rings. The van der Waals surface area contributed by atoms with Crippen molar-refractivity contribution in [3.05, 3.63) is 65.0 Å². The smallest absolute Gasteiger partial charge is 0.123 e. The number of hydrogen-bond acceptors (Lipinski definition) is 2. The minimum absolute atomic E-state index is 0.128. The highest BCUT2D eigenvalue weighted by Crippen LogP contribution is 2.25. The van der Waals surface area contributed by atoms with Crippen LogP contribution >= 0.6 is 0 Å². The van der Waals surface area contributed by atoms with E-state index < -0.39 is 0 Å². The van der Waals surface area contributed by atoms with Gasteiger partial charge in [-0.05, 0) is 42.2 Å². The number of hydrogen-bond donors (Lipinski definition) is 1. The Morgan fingerprint density at radius 1 is 1.00 bits per heavy atom. The molecule has 3 heteroatoms. The quantitative estimate of drug-likeness (QED) is 0.908. The maximum atomic E-state index is 13.3. The average molecular weight is 271 g/mol. The maximum absolute atomic E-state index is 13.3. The number of anilines is 1. The molecule has 2 aromatic rings. The summed E-state index contributed by atoms with van der Waals surface area (Å²) < 4.78 is 13.3. The van der Waals surface area contributed by atoms with Crippen molar-refractivity contribution < 1.29 is 9.50 Å². The molecule has 0 saturated heterocycles. The van der Waals surface area contributed by atoms with Crippen LogP contribution in [-0.4, -0.2) is 18.2 Å². The minimum atomic E-state index is -0.295. The zero-order valence-electron chi connectivity index (χ0n) is 11.3. The maximum Gasteiger partial charge on any atom is 0.123 e. The molecule has 2 nitrogen and oxygen atoms in total. The third-order valence-electron chi connectivity index (χ3n) is 3.97. The lowest BCUT2D eigenvalue weighted by atomic mass is 10.0. The summed E-state index contributed by atoms with van der Waals surface area (Å²) in [4.78, 5) is 2.24. The van der Waals surface area contributed by atoms with Crippen molar-refractivity contribution >= 4 is 5.69 Å². The molecule has 0 bridgehead atoms. The summed E-state index contributed by atoms with van der Waals surface area (Å²) in [6, 6.07) is 13.2. The summed E-state index contributed by atoms with van der Waals surface area (Å²) in [5, 5.41) is 9.42. The van der Waals surface area contributed by atoms with Crippen LogP contribution in [0.25, 0.3) is 0 Å². The zero-order valence-corrected chi connectivity index (χ0v) is 11.3. The van der Waals surface area contributed by atoms with Gasteiger partial charge in [-0.1, -0.05) is 24.3 Å². The molecule has 104 valence electrons. The molecule has 0 amide bonds. The fourth-order valence-electron chi connectivity index (χ4n) is 2.90. The fraction of sp³-hybridized carbons (Fsp3) is 0.294. The Morgan fingerprint density at radius 2 is 1.65 bits per heavy atom. The fourth-order valence-corrected chi connectivity index (χ4v) is 2.90. The van der Waals surface area contributed by atoms with Crippen molar-refractivity contribution in [1.82, 2.24) is 0 Å². The van der Waals surface area contributed by atoms with E-state index in [-0.39, 0.29) is 12.4 Å². The first-order valence-corrected chi connectivity index (χ1v) is 6.99. The van der Waals surface area contributed by atoms with Gasteiger partial charge < -0.3 is 10.0 Å². The van der Waals surface area contributed by atoms with Gasteiger partial charge in [0.15, 0.2) is 0 Å². The number of benzene rings is 2. The van der Waals surface area contributed by atoms with E-state index in [0.29, 0.717) is 5.56 Å². The largest absolute Gasteiger partial charge is 0.392 e. The summed E-state index contributed by atoms with van der Waals surface area (Å²) in [6.45, 7) is 1.67. The molecule has 0 aromatic heterocycles. The Morgan fingerprint density at radius 3 is 2.25 bits per heavy atom. The van der Waals surface area contributed by atoms with Crippen molar-refractivity contribution in [1.29, 1.82) is 0 Å². The highest BCUT2D eigenvalue weighted by molar-refractivity contribution is 5.54. The second-order valence-corrected chi connectivity index (χ2v) is 5.19. The molecule has 0 aliphatic carbocycles. The lowest BCUT2D eigenvalue weighted by Crippen LogP contribution is -2.27. The normalized spacial score (nSPS) is 14.8. The molecule has 1 heterocycles. The first-order chi connectivity index (χ1) is 9.78. The van der Waals surface area contributed by atoms with Crippen molar-refractivity contribution in [3.8, 4) is 0 Å². The third kappa shape index (κ3) is 2.54. The zero-order chi connectivity index (χ0) is 13.9. The lowest BCUT2D eigenvalue weighted by molar-refractivity contribution is 0.281. The molecule has 20 heavy (non-hydrogen) atoms. The van der Waals surface area contributed by atoms with E-state index in [0.717, 1.165) is 31.6 Å². The minimum Gasteiger partial charge on any atom is -0.392 e. The standard InChI is InChI=1S/C17H18FNO/c18-16-5-6-17(15(11-16)12-20)19-9-7-13-3-1-2-4-14(13)8-10-19/h1-6,11,20H,7-10,12H2. The van der Waals surface area contributed by atoms with Gasteiger partial charge in [0.05, 0.1) is 6.61 Å². The number of fused-ring (bicyclic) bond motifs is 1. The van der Waals surface area contributed by atoms with E-state index in [1.165, 1.54) is 23.3 Å². The molecular weight excluding hydrogens is 253 g/mol. The first-order valence-electron chi connectivity index (χ1n) is 6.99. The van der Waals surface area contributed by atoms with E-state index >= 15 is 0 Å². The van der Waals surface area contributed by atoms with Gasteiger partial charge in [0, 0.05) is 24.3 Å². The van der Waals surface area contributed by atoms with Gasteiger partial charge in [-0.25, -0.2) is 4.39 Å². The second kappa shape index (κ2) is 5.63. The molecule has 0 fully saturated rings. The highest BCUT2D eigenvalue weighted by Gasteiger charge is 2.16. The van der Waals surface area contributed by atoms with E-state index in [4.69, 9.17) is 0 Å². The molecule has 3 rings (SSSR count). The molecule has 1 N–H and O–H groups in total. The van der Waals surface area contributed by atoms with Crippen molar-refractivity contribution in [2.24, 2.45) is 0 Å². The number of nitrogens with zero attached hydrogens (tertiary/aromatic N) is 1. The SMILES string of the molecule is OCc1cc(F)ccc1N1CCc2ccccc2CC1. The van der Waals surface area contributed by atoms with Crippen LogP contribution < -0.4 is 4.90 Å². The predicted molar refractivity (Wildman–Crippen MR) is 78.4 cm³/mol. The van der Waals surface area contributed by atoms with E-state index in [1.807, 2.05) is 0 Å². The summed E-state index contributed by atoms with van der Waals surface area (Å²) in [5.41, 5.74) is 4.39. The van der Waals surface area contributed by atoms with Crippen molar-refractivity contribution in [3.63, 3.8) is 0 Å². The number of rotatable bonds is 2. The first kappa shape index (κ1) is 13.1. The number of aliphatic hydroxyl groups excluding tert-OH is 1. The van der Waals surface area contributed by atoms with Crippen LogP contribution in [0.2, 0.25) is 0 Å². The van der Waals surface area contributed by atoms with Crippen molar-refractivity contribution in [2.75, 3.05) is 18.0 Å². The summed E-state index contributed by atoms with van der Waals surface area (Å²) in [7, 11) is 0. The number of halogens is 1. The Hall–Kier alpha value is -1.87. The summed E-state index contributed by atoms with van der Waals surface area (Å²) >= 11 is 0. The monoisotopic (exact) mass is 271 g/mol. The van der Waals surface area contributed by atoms with Crippen LogP contribution in [0.1, 0.15) is 16.7 Å². The van der Waals surface area contributed by atoms with Gasteiger partial charge in [0.2, 0.25) is 0 Å². The van der Waals surface area contributed by atoms with Crippen LogP contribution in [0.4, 0.5) is 10.1 Å². The van der Waals surface area contributed by atoms with Crippen LogP contribution in [0.5, 0.6) is 0 Å². The summed E-state index contributed by atoms with van der Waals surface area (Å²) in [5.74, 6) is -0.295. The van der Waals surface area contributed by atoms with Gasteiger partial charge in [-0.3, -0.25) is 0 Å². The molecule has 1 aliphatic heterocycles. The molecule has 0 radical (unpaired) electrons. The van der Waals surface area contributed by atoms with Crippen LogP contribution in [-0.2, 0) is 19.4 Å². The number of aliphatic hydroxyl groups is 1. The van der Waals surface area contributed by atoms with E-state index in [1.54, 1.807) is 6.07 Å². The van der Waals surface area contributed by atoms with Crippen LogP contribution in [0.15, 0.2) is 42.5 Å². The molecular formula is C17H18FNO. The van der Waals surface area contributed by atoms with Gasteiger partial charge in [0.1, 0.15) is 5.82 Å². The van der Waals surface area contributed by atoms with Gasteiger partial charge in [0.25, 0.3) is 0 Å². The van der Waals surface area contributed by atoms with Crippen LogP contribution in [0.3, 0.4) is 0 Å². The molecule has 0 unspecified atom stereocenters. The average Bonchev–Trinajstić information content (AvgIpc) is 2.70. The lowest BCUT2D eigenvalue weighted by Gasteiger charge is -2.25. The van der Waals surface area contributed by atoms with Crippen LogP contribution in [0, 0.1) is 5.82 Å². The Balaban J connectivity index is 1.87. The van der Waals surface area contributed by atoms with Gasteiger partial charge >= 0.3 is 0 Å². The van der Waals surface area contributed by atoms with Gasteiger partial charge in [-0.2, -0.15) is 0 Å². The molecule has 2 aromatic carbocycles.